The summed E-state index contributed by atoms with van der Waals surface area (Å²) in [6.07, 6.45) is 3.76. The van der Waals surface area contributed by atoms with Gasteiger partial charge in [-0.05, 0) is 54.4 Å². The summed E-state index contributed by atoms with van der Waals surface area (Å²) in [6.45, 7) is 17.0. The zero-order valence-corrected chi connectivity index (χ0v) is 14.0. The number of carbonyl (C=O) groups is 1. The zero-order chi connectivity index (χ0) is 15.8. The van der Waals surface area contributed by atoms with Crippen molar-refractivity contribution in [3.63, 3.8) is 0 Å². The van der Waals surface area contributed by atoms with Crippen LogP contribution in [0.25, 0.3) is 0 Å². The molecule has 0 aromatic rings. The lowest BCUT2D eigenvalue weighted by Crippen LogP contribution is -2.45. The molecule has 0 fully saturated rings. The third kappa shape index (κ3) is 8.97. The maximum Gasteiger partial charge on any atom is 0.410 e. The number of nitrogens with one attached hydrogen (secondary N) is 1. The van der Waals surface area contributed by atoms with Crippen molar-refractivity contribution >= 4 is 6.09 Å². The number of hydrogen-bond donors (Lipinski definition) is 1. The molecule has 0 heterocycles. The molecule has 1 atom stereocenters. The van der Waals surface area contributed by atoms with E-state index in [9.17, 15) is 4.79 Å². The first-order valence-corrected chi connectivity index (χ1v) is 7.51. The summed E-state index contributed by atoms with van der Waals surface area (Å²) < 4.78 is 5.43. The average molecular weight is 284 g/mol. The number of amides is 1. The second-order valence-electron chi connectivity index (χ2n) is 6.49. The topological polar surface area (TPSA) is 41.6 Å². The molecule has 20 heavy (non-hydrogen) atoms. The molecule has 118 valence electrons. The van der Waals surface area contributed by atoms with Crippen LogP contribution in [0.1, 0.15) is 54.4 Å². The first-order chi connectivity index (χ1) is 9.17. The molecule has 0 aliphatic rings. The molecule has 0 saturated heterocycles. The van der Waals surface area contributed by atoms with E-state index in [0.717, 1.165) is 19.4 Å². The number of hydrogen-bond acceptors (Lipinski definition) is 3. The highest BCUT2D eigenvalue weighted by molar-refractivity contribution is 5.68. The van der Waals surface area contributed by atoms with E-state index in [4.69, 9.17) is 4.74 Å². The summed E-state index contributed by atoms with van der Waals surface area (Å²) >= 11 is 0. The van der Waals surface area contributed by atoms with Gasteiger partial charge in [-0.15, -0.1) is 6.58 Å². The molecule has 0 aromatic heterocycles. The fourth-order valence-corrected chi connectivity index (χ4v) is 1.78. The molecular weight excluding hydrogens is 252 g/mol. The number of rotatable bonds is 8. The van der Waals surface area contributed by atoms with Gasteiger partial charge in [-0.25, -0.2) is 4.79 Å². The predicted molar refractivity (Wildman–Crippen MR) is 85.0 cm³/mol. The van der Waals surface area contributed by atoms with Crippen LogP contribution in [-0.2, 0) is 4.74 Å². The Morgan fingerprint density at radius 1 is 1.35 bits per heavy atom. The van der Waals surface area contributed by atoms with Crippen LogP contribution in [0.3, 0.4) is 0 Å². The molecule has 4 heteroatoms. The largest absolute Gasteiger partial charge is 0.444 e. The minimum absolute atomic E-state index is 0.134. The number of carbonyl (C=O) groups excluding carboxylic acids is 1. The third-order valence-corrected chi connectivity index (χ3v) is 2.90. The molecule has 0 aromatic carbocycles. The summed E-state index contributed by atoms with van der Waals surface area (Å²) in [7, 11) is 0. The molecule has 1 amide bonds. The Bertz CT molecular complexity index is 295. The van der Waals surface area contributed by atoms with E-state index in [1.807, 2.05) is 40.7 Å². The maximum atomic E-state index is 12.1. The van der Waals surface area contributed by atoms with Crippen LogP contribution in [0.2, 0.25) is 0 Å². The standard InChI is InChI=1S/C16H32N2O2/c1-8-9-10-14(4)17-11-12-18(13(2)3)15(19)20-16(5,6)7/h8,13-14,17H,1,9-12H2,2-7H3. The SMILES string of the molecule is C=CCCC(C)NCCN(C(=O)OC(C)(C)C)C(C)C. The molecule has 0 aliphatic carbocycles. The highest BCUT2D eigenvalue weighted by Crippen LogP contribution is 2.11. The average Bonchev–Trinajstić information content (AvgIpc) is 2.29. The van der Waals surface area contributed by atoms with Gasteiger partial charge < -0.3 is 15.0 Å². The lowest BCUT2D eigenvalue weighted by atomic mass is 10.2. The molecule has 1 unspecified atom stereocenters. The van der Waals surface area contributed by atoms with E-state index >= 15 is 0 Å². The zero-order valence-electron chi connectivity index (χ0n) is 14.0. The Morgan fingerprint density at radius 2 is 1.95 bits per heavy atom. The van der Waals surface area contributed by atoms with Crippen molar-refractivity contribution in [2.45, 2.75) is 72.1 Å². The summed E-state index contributed by atoms with van der Waals surface area (Å²) in [5.41, 5.74) is -0.449. The van der Waals surface area contributed by atoms with Gasteiger partial charge in [-0.3, -0.25) is 0 Å². The van der Waals surface area contributed by atoms with Gasteiger partial charge in [-0.1, -0.05) is 6.08 Å². The molecule has 0 spiro atoms. The summed E-state index contributed by atoms with van der Waals surface area (Å²) in [6, 6.07) is 0.566. The van der Waals surface area contributed by atoms with Crippen molar-refractivity contribution in [3.8, 4) is 0 Å². The second kappa shape index (κ2) is 9.01. The van der Waals surface area contributed by atoms with Crippen LogP contribution < -0.4 is 5.32 Å². The molecule has 0 bridgehead atoms. The van der Waals surface area contributed by atoms with Crippen LogP contribution in [0, 0.1) is 0 Å². The molecule has 0 rings (SSSR count). The fraction of sp³-hybridized carbons (Fsp3) is 0.812. The van der Waals surface area contributed by atoms with E-state index in [2.05, 4.69) is 18.8 Å². The van der Waals surface area contributed by atoms with Gasteiger partial charge >= 0.3 is 6.09 Å². The van der Waals surface area contributed by atoms with Crippen molar-refractivity contribution < 1.29 is 9.53 Å². The molecule has 1 N–H and O–H groups in total. The maximum absolute atomic E-state index is 12.1. The van der Waals surface area contributed by atoms with Gasteiger partial charge in [-0.2, -0.15) is 0 Å². The first kappa shape index (κ1) is 19.0. The lowest BCUT2D eigenvalue weighted by Gasteiger charge is -2.30. The lowest BCUT2D eigenvalue weighted by molar-refractivity contribution is 0.0192. The molecule has 0 radical (unpaired) electrons. The van der Waals surface area contributed by atoms with Crippen molar-refractivity contribution in [2.24, 2.45) is 0 Å². The van der Waals surface area contributed by atoms with E-state index < -0.39 is 5.60 Å². The van der Waals surface area contributed by atoms with Gasteiger partial charge in [0.05, 0.1) is 0 Å². The van der Waals surface area contributed by atoms with Crippen LogP contribution >= 0.6 is 0 Å². The Labute approximate surface area is 124 Å². The number of allylic oxidation sites excluding steroid dienone is 1. The number of ether oxygens (including phenoxy) is 1. The van der Waals surface area contributed by atoms with Crippen molar-refractivity contribution in [2.75, 3.05) is 13.1 Å². The second-order valence-corrected chi connectivity index (χ2v) is 6.49. The summed E-state index contributed by atoms with van der Waals surface area (Å²) in [4.78, 5) is 13.9. The van der Waals surface area contributed by atoms with E-state index in [-0.39, 0.29) is 12.1 Å². The Hall–Kier alpha value is -1.03. The normalized spacial score (nSPS) is 13.2. The van der Waals surface area contributed by atoms with Crippen molar-refractivity contribution in [1.29, 1.82) is 0 Å². The van der Waals surface area contributed by atoms with Gasteiger partial charge in [0.2, 0.25) is 0 Å². The third-order valence-electron chi connectivity index (χ3n) is 2.90. The highest BCUT2D eigenvalue weighted by Gasteiger charge is 2.23. The Balaban J connectivity index is 4.22. The monoisotopic (exact) mass is 284 g/mol. The van der Waals surface area contributed by atoms with Crippen LogP contribution in [0.5, 0.6) is 0 Å². The number of nitrogens with zero attached hydrogens (tertiary/aromatic N) is 1. The highest BCUT2D eigenvalue weighted by atomic mass is 16.6. The van der Waals surface area contributed by atoms with E-state index in [1.165, 1.54) is 0 Å². The van der Waals surface area contributed by atoms with E-state index in [0.29, 0.717) is 12.6 Å². The minimum atomic E-state index is -0.449. The van der Waals surface area contributed by atoms with Crippen molar-refractivity contribution in [3.05, 3.63) is 12.7 Å². The van der Waals surface area contributed by atoms with Gasteiger partial charge in [0.15, 0.2) is 0 Å². The predicted octanol–water partition coefficient (Wildman–Crippen LogP) is 3.58. The van der Waals surface area contributed by atoms with Gasteiger partial charge in [0, 0.05) is 25.2 Å². The summed E-state index contributed by atoms with van der Waals surface area (Å²) in [5.74, 6) is 0. The minimum Gasteiger partial charge on any atom is -0.444 e. The molecular formula is C16H32N2O2. The first-order valence-electron chi connectivity index (χ1n) is 7.51. The Morgan fingerprint density at radius 3 is 2.40 bits per heavy atom. The van der Waals surface area contributed by atoms with Gasteiger partial charge in [0.1, 0.15) is 5.60 Å². The Kier molecular flexibility index (Phi) is 8.54. The van der Waals surface area contributed by atoms with Crippen LogP contribution in [0.4, 0.5) is 4.79 Å². The molecule has 0 aliphatic heterocycles. The quantitative estimate of drug-likeness (QED) is 0.693. The smallest absolute Gasteiger partial charge is 0.410 e. The molecule has 4 nitrogen and oxygen atoms in total. The fourth-order valence-electron chi connectivity index (χ4n) is 1.78. The van der Waals surface area contributed by atoms with E-state index in [1.54, 1.807) is 4.90 Å². The summed E-state index contributed by atoms with van der Waals surface area (Å²) in [5, 5.41) is 3.42. The van der Waals surface area contributed by atoms with Crippen LogP contribution in [0.15, 0.2) is 12.7 Å². The van der Waals surface area contributed by atoms with Crippen molar-refractivity contribution in [1.82, 2.24) is 10.2 Å². The van der Waals surface area contributed by atoms with Gasteiger partial charge in [0.25, 0.3) is 0 Å². The van der Waals surface area contributed by atoms with Crippen LogP contribution in [-0.4, -0.2) is 41.8 Å². The molecule has 0 saturated carbocycles.